The van der Waals surface area contributed by atoms with Crippen LogP contribution in [0.1, 0.15) is 5.56 Å². The van der Waals surface area contributed by atoms with Gasteiger partial charge in [-0.05, 0) is 30.3 Å². The van der Waals surface area contributed by atoms with Crippen LogP contribution in [0.15, 0.2) is 48.5 Å². The molecule has 0 aliphatic carbocycles. The fourth-order valence-electron chi connectivity index (χ4n) is 2.80. The number of rotatable bonds is 5. The van der Waals surface area contributed by atoms with Crippen LogP contribution in [0.4, 0.5) is 4.39 Å². The van der Waals surface area contributed by atoms with E-state index in [2.05, 4.69) is 4.98 Å². The van der Waals surface area contributed by atoms with Crippen LogP contribution in [0.3, 0.4) is 0 Å². The first-order valence-corrected chi connectivity index (χ1v) is 8.52. The minimum atomic E-state index is -0.991. The van der Waals surface area contributed by atoms with E-state index in [1.807, 2.05) is 6.07 Å². The Bertz CT molecular complexity index is 1040. The van der Waals surface area contributed by atoms with E-state index < -0.39 is 11.8 Å². The van der Waals surface area contributed by atoms with Gasteiger partial charge in [-0.25, -0.2) is 9.37 Å². The summed E-state index contributed by atoms with van der Waals surface area (Å²) in [6.45, 7) is -0.242. The van der Waals surface area contributed by atoms with Crippen molar-refractivity contribution in [1.82, 2.24) is 9.88 Å². The lowest BCUT2D eigenvalue weighted by Crippen LogP contribution is -2.31. The van der Waals surface area contributed by atoms with Crippen molar-refractivity contribution in [3.05, 3.63) is 59.9 Å². The van der Waals surface area contributed by atoms with Crippen LogP contribution in [0.5, 0.6) is 5.75 Å². The number of pyridine rings is 1. The number of fused-ring (bicyclic) bond motifs is 1. The van der Waals surface area contributed by atoms with Crippen molar-refractivity contribution in [1.29, 1.82) is 0 Å². The van der Waals surface area contributed by atoms with Gasteiger partial charge in [0.05, 0.1) is 18.3 Å². The molecular weight excluding hydrogens is 367 g/mol. The first-order chi connectivity index (χ1) is 12.9. The second-order valence-corrected chi connectivity index (χ2v) is 6.36. The van der Waals surface area contributed by atoms with Crippen molar-refractivity contribution >= 4 is 34.1 Å². The number of carbonyl (C=O) groups is 1. The molecule has 3 aromatic rings. The van der Waals surface area contributed by atoms with E-state index in [1.165, 1.54) is 11.0 Å². The Balaban J connectivity index is 2.22. The van der Waals surface area contributed by atoms with Crippen molar-refractivity contribution in [3.8, 4) is 17.0 Å². The Morgan fingerprint density at radius 1 is 1.26 bits per heavy atom. The van der Waals surface area contributed by atoms with Crippen LogP contribution in [-0.4, -0.2) is 46.7 Å². The Kier molecular flexibility index (Phi) is 5.32. The summed E-state index contributed by atoms with van der Waals surface area (Å²) < 4.78 is 19.6. The molecule has 0 saturated heterocycles. The summed E-state index contributed by atoms with van der Waals surface area (Å²) in [4.78, 5) is 17.4. The average molecular weight is 384 g/mol. The molecule has 138 valence electrons. The van der Waals surface area contributed by atoms with Crippen molar-refractivity contribution in [3.63, 3.8) is 0 Å². The molecule has 3 rings (SSSR count). The molecule has 1 N–H and O–H groups in total. The molecule has 0 spiro atoms. The molecule has 27 heavy (non-hydrogen) atoms. The van der Waals surface area contributed by atoms with E-state index in [0.717, 1.165) is 5.39 Å². The smallest absolute Gasteiger partial charge is 0.323 e. The largest absolute Gasteiger partial charge is 0.497 e. The van der Waals surface area contributed by atoms with Crippen molar-refractivity contribution in [2.45, 2.75) is 0 Å². The molecule has 0 saturated carbocycles. The second kappa shape index (κ2) is 7.67. The van der Waals surface area contributed by atoms with Crippen molar-refractivity contribution in [2.75, 3.05) is 20.7 Å². The van der Waals surface area contributed by atoms with Gasteiger partial charge in [0.25, 0.3) is 0 Å². The van der Waals surface area contributed by atoms with Crippen molar-refractivity contribution in [2.24, 2.45) is 0 Å². The highest BCUT2D eigenvalue weighted by molar-refractivity contribution is 7.80. The highest BCUT2D eigenvalue weighted by atomic mass is 32.1. The van der Waals surface area contributed by atoms with Gasteiger partial charge in [0.15, 0.2) is 0 Å². The minimum Gasteiger partial charge on any atom is -0.497 e. The highest BCUT2D eigenvalue weighted by Crippen LogP contribution is 2.29. The number of aliphatic carboxylic acids is 1. The summed E-state index contributed by atoms with van der Waals surface area (Å²) in [5.41, 5.74) is 1.94. The number of halogens is 1. The second-order valence-electron chi connectivity index (χ2n) is 5.97. The summed E-state index contributed by atoms with van der Waals surface area (Å²) in [5, 5.41) is 9.78. The maximum atomic E-state index is 14.3. The fraction of sp³-hybridized carbons (Fsp3) is 0.150. The maximum absolute atomic E-state index is 14.3. The number of hydrogen-bond donors (Lipinski definition) is 1. The number of thiocarbonyl (C=S) groups is 1. The van der Waals surface area contributed by atoms with Crippen LogP contribution >= 0.6 is 12.2 Å². The van der Waals surface area contributed by atoms with E-state index >= 15 is 0 Å². The number of ether oxygens (including phenoxy) is 1. The zero-order chi connectivity index (χ0) is 19.6. The van der Waals surface area contributed by atoms with Gasteiger partial charge in [0.2, 0.25) is 0 Å². The minimum absolute atomic E-state index is 0.242. The van der Waals surface area contributed by atoms with Crippen molar-refractivity contribution < 1.29 is 19.0 Å². The average Bonchev–Trinajstić information content (AvgIpc) is 2.65. The first-order valence-electron chi connectivity index (χ1n) is 8.11. The van der Waals surface area contributed by atoms with Crippen LogP contribution < -0.4 is 4.74 Å². The lowest BCUT2D eigenvalue weighted by Gasteiger charge is -2.20. The SMILES string of the molecule is COc1ccc2c(C(=S)N(C)CC(=O)O)cc(-c3ccccc3F)nc2c1. The van der Waals surface area contributed by atoms with E-state index in [-0.39, 0.29) is 6.54 Å². The molecule has 5 nitrogen and oxygen atoms in total. The Labute approximate surface area is 161 Å². The predicted octanol–water partition coefficient (Wildman–Crippen LogP) is 3.74. The molecular formula is C20H17FN2O3S. The number of likely N-dealkylation sites (N-methyl/N-ethyl adjacent to an activating group) is 1. The lowest BCUT2D eigenvalue weighted by molar-refractivity contribution is -0.137. The monoisotopic (exact) mass is 384 g/mol. The van der Waals surface area contributed by atoms with Gasteiger partial charge in [-0.1, -0.05) is 24.4 Å². The highest BCUT2D eigenvalue weighted by Gasteiger charge is 2.17. The third-order valence-corrected chi connectivity index (χ3v) is 4.65. The van der Waals surface area contributed by atoms with E-state index in [0.29, 0.717) is 33.1 Å². The van der Waals surface area contributed by atoms with E-state index in [4.69, 9.17) is 22.1 Å². The number of benzene rings is 2. The van der Waals surface area contributed by atoms with Gasteiger partial charge < -0.3 is 14.7 Å². The number of carboxylic acids is 1. The molecule has 0 aliphatic rings. The Morgan fingerprint density at radius 3 is 2.67 bits per heavy atom. The topological polar surface area (TPSA) is 62.7 Å². The summed E-state index contributed by atoms with van der Waals surface area (Å²) in [7, 11) is 3.16. The zero-order valence-electron chi connectivity index (χ0n) is 14.8. The summed E-state index contributed by atoms with van der Waals surface area (Å²) in [5.74, 6) is -0.784. The molecule has 0 radical (unpaired) electrons. The molecule has 1 heterocycles. The molecule has 0 bridgehead atoms. The number of nitrogens with zero attached hydrogens (tertiary/aromatic N) is 2. The standard InChI is InChI=1S/C20H17FN2O3S/c1-23(11-19(24)25)20(27)15-10-18(14-5-3-4-6-16(14)21)22-17-9-12(26-2)7-8-13(15)17/h3-10H,11H2,1-2H3,(H,24,25). The molecule has 0 atom stereocenters. The number of aromatic nitrogens is 1. The van der Waals surface area contributed by atoms with Crippen LogP contribution in [0.2, 0.25) is 0 Å². The van der Waals surface area contributed by atoms with Gasteiger partial charge in [-0.15, -0.1) is 0 Å². The normalized spacial score (nSPS) is 10.6. The lowest BCUT2D eigenvalue weighted by atomic mass is 10.0. The zero-order valence-corrected chi connectivity index (χ0v) is 15.6. The maximum Gasteiger partial charge on any atom is 0.323 e. The molecule has 2 aromatic carbocycles. The van der Waals surface area contributed by atoms with Crippen LogP contribution in [0, 0.1) is 5.82 Å². The molecule has 0 unspecified atom stereocenters. The van der Waals surface area contributed by atoms with E-state index in [9.17, 15) is 9.18 Å². The van der Waals surface area contributed by atoms with E-state index in [1.54, 1.807) is 50.6 Å². The first kappa shape index (κ1) is 18.7. The van der Waals surface area contributed by atoms with Gasteiger partial charge in [-0.2, -0.15) is 0 Å². The molecule has 7 heteroatoms. The van der Waals surface area contributed by atoms with Crippen LogP contribution in [0.25, 0.3) is 22.2 Å². The number of methoxy groups -OCH3 is 1. The Morgan fingerprint density at radius 2 is 2.00 bits per heavy atom. The summed E-state index contributed by atoms with van der Waals surface area (Å²) in [6.07, 6.45) is 0. The van der Waals surface area contributed by atoms with Gasteiger partial charge >= 0.3 is 5.97 Å². The molecule has 0 amide bonds. The number of hydrogen-bond acceptors (Lipinski definition) is 4. The van der Waals surface area contributed by atoms with Gasteiger partial charge in [0, 0.05) is 29.6 Å². The Hall–Kier alpha value is -3.06. The fourth-order valence-corrected chi connectivity index (χ4v) is 3.03. The van der Waals surface area contributed by atoms with Crippen LogP contribution in [-0.2, 0) is 4.79 Å². The predicted molar refractivity (Wildman–Crippen MR) is 106 cm³/mol. The molecule has 0 fully saturated rings. The number of carboxylic acid groups (broad SMARTS) is 1. The van der Waals surface area contributed by atoms with Gasteiger partial charge in [0.1, 0.15) is 23.1 Å². The van der Waals surface area contributed by atoms with Gasteiger partial charge in [-0.3, -0.25) is 4.79 Å². The molecule has 1 aromatic heterocycles. The third kappa shape index (κ3) is 3.88. The molecule has 0 aliphatic heterocycles. The summed E-state index contributed by atoms with van der Waals surface area (Å²) in [6, 6.07) is 13.3. The quantitative estimate of drug-likeness (QED) is 0.676. The summed E-state index contributed by atoms with van der Waals surface area (Å²) >= 11 is 5.50. The third-order valence-electron chi connectivity index (χ3n) is 4.12.